The number of methoxy groups -OCH3 is 2. The third-order valence-corrected chi connectivity index (χ3v) is 2.36. The van der Waals surface area contributed by atoms with Crippen LogP contribution in [0.5, 0.6) is 0 Å². The van der Waals surface area contributed by atoms with Gasteiger partial charge >= 0.3 is 0 Å². The van der Waals surface area contributed by atoms with Gasteiger partial charge in [0.15, 0.2) is 11.5 Å². The van der Waals surface area contributed by atoms with Gasteiger partial charge in [-0.25, -0.2) is 0 Å². The first-order valence-corrected chi connectivity index (χ1v) is 4.30. The molecule has 1 aliphatic carbocycles. The molecule has 0 amide bonds. The zero-order valence-corrected chi connectivity index (χ0v) is 8.31. The lowest BCUT2D eigenvalue weighted by Gasteiger charge is -2.34. The Kier molecular flexibility index (Phi) is 2.04. The minimum Gasteiger partial charge on any atom is -0.493 e. The summed E-state index contributed by atoms with van der Waals surface area (Å²) in [5.41, 5.74) is -1.83. The maximum absolute atomic E-state index is 11.6. The summed E-state index contributed by atoms with van der Waals surface area (Å²) in [6, 6.07) is 3.09. The number of ether oxygens (including phenoxy) is 2. The maximum atomic E-state index is 11.6. The predicted octanol–water partition coefficient (Wildman–Crippen LogP) is 0.554. The minimum absolute atomic E-state index is 0.0244. The van der Waals surface area contributed by atoms with Crippen LogP contribution in [0, 0.1) is 0 Å². The number of furan rings is 1. The van der Waals surface area contributed by atoms with Crippen LogP contribution in [0.3, 0.4) is 0 Å². The molecule has 0 saturated heterocycles. The molecule has 0 spiro atoms. The number of carbonyl (C=O) groups excluding carboxylic acids is 1. The highest BCUT2D eigenvalue weighted by atomic mass is 16.5. The number of hydrogen-bond donors (Lipinski definition) is 1. The normalized spacial score (nSPS) is 25.1. The van der Waals surface area contributed by atoms with E-state index in [9.17, 15) is 9.90 Å². The topological polar surface area (TPSA) is 68.9 Å². The first-order chi connectivity index (χ1) is 7.16. The van der Waals surface area contributed by atoms with Crippen molar-refractivity contribution in [3.8, 4) is 0 Å². The van der Waals surface area contributed by atoms with Crippen molar-refractivity contribution in [2.24, 2.45) is 0 Å². The second-order valence-corrected chi connectivity index (χ2v) is 3.08. The lowest BCUT2D eigenvalue weighted by Crippen LogP contribution is -2.49. The van der Waals surface area contributed by atoms with E-state index in [2.05, 4.69) is 0 Å². The van der Waals surface area contributed by atoms with E-state index in [0.717, 1.165) is 0 Å². The molecule has 0 fully saturated rings. The summed E-state index contributed by atoms with van der Waals surface area (Å²) in [5.74, 6) is -0.330. The lowest BCUT2D eigenvalue weighted by molar-refractivity contribution is -0.149. The number of carbonyl (C=O) groups is 1. The van der Waals surface area contributed by atoms with Gasteiger partial charge in [0.05, 0.1) is 20.5 Å². The van der Waals surface area contributed by atoms with E-state index in [1.54, 1.807) is 6.07 Å². The van der Waals surface area contributed by atoms with Crippen molar-refractivity contribution in [2.75, 3.05) is 14.2 Å². The van der Waals surface area contributed by atoms with Crippen molar-refractivity contribution < 1.29 is 23.8 Å². The zero-order valence-electron chi connectivity index (χ0n) is 8.31. The van der Waals surface area contributed by atoms with Gasteiger partial charge in [-0.15, -0.1) is 0 Å². The fraction of sp³-hybridized carbons (Fsp3) is 0.300. The zero-order chi connectivity index (χ0) is 11.1. The third kappa shape index (κ3) is 1.04. The predicted molar refractivity (Wildman–Crippen MR) is 48.7 cm³/mol. The summed E-state index contributed by atoms with van der Waals surface area (Å²) in [4.78, 5) is 11.6. The second kappa shape index (κ2) is 3.13. The fourth-order valence-electron chi connectivity index (χ4n) is 1.61. The molecule has 80 valence electrons. The molecule has 0 saturated carbocycles. The van der Waals surface area contributed by atoms with Crippen molar-refractivity contribution in [2.45, 2.75) is 5.60 Å². The Morgan fingerprint density at radius 1 is 1.40 bits per heavy atom. The maximum Gasteiger partial charge on any atom is 0.250 e. The van der Waals surface area contributed by atoms with Crippen LogP contribution in [0.25, 0.3) is 0 Å². The monoisotopic (exact) mass is 210 g/mol. The lowest BCUT2D eigenvalue weighted by atomic mass is 9.81. The Bertz CT molecular complexity index is 417. The highest BCUT2D eigenvalue weighted by molar-refractivity contribution is 6.10. The average Bonchev–Trinajstić information content (AvgIpc) is 2.77. The third-order valence-electron chi connectivity index (χ3n) is 2.36. The molecule has 0 bridgehead atoms. The van der Waals surface area contributed by atoms with Crippen LogP contribution < -0.4 is 0 Å². The average molecular weight is 210 g/mol. The van der Waals surface area contributed by atoms with Crippen molar-refractivity contribution in [1.29, 1.82) is 0 Å². The molecule has 1 atom stereocenters. The van der Waals surface area contributed by atoms with Crippen LogP contribution in [0.1, 0.15) is 5.76 Å². The molecule has 0 radical (unpaired) electrons. The summed E-state index contributed by atoms with van der Waals surface area (Å²) in [6.07, 6.45) is 1.37. The molecule has 1 unspecified atom stereocenters. The van der Waals surface area contributed by atoms with Gasteiger partial charge in [0, 0.05) is 0 Å². The molecule has 1 aliphatic rings. The number of ketones is 1. The van der Waals surface area contributed by atoms with E-state index < -0.39 is 11.4 Å². The molecular formula is C10H10O5. The van der Waals surface area contributed by atoms with Gasteiger partial charge < -0.3 is 19.0 Å². The first kappa shape index (κ1) is 9.79. The molecule has 0 aliphatic heterocycles. The van der Waals surface area contributed by atoms with Gasteiger partial charge in [-0.2, -0.15) is 0 Å². The molecule has 15 heavy (non-hydrogen) atoms. The Balaban J connectivity index is 2.49. The standard InChI is InChI=1S/C10H10O5/c1-13-7-8(11)10(12,9(7)14-2)6-4-3-5-15-6/h3-5,12H,1-2H3. The Hall–Kier alpha value is -1.75. The van der Waals surface area contributed by atoms with Crippen LogP contribution in [0.2, 0.25) is 0 Å². The summed E-state index contributed by atoms with van der Waals surface area (Å²) in [5, 5.41) is 10.1. The van der Waals surface area contributed by atoms with Gasteiger partial charge in [-0.05, 0) is 12.1 Å². The molecule has 5 heteroatoms. The van der Waals surface area contributed by atoms with E-state index in [0.29, 0.717) is 0 Å². The second-order valence-electron chi connectivity index (χ2n) is 3.08. The van der Waals surface area contributed by atoms with E-state index >= 15 is 0 Å². The molecule has 5 nitrogen and oxygen atoms in total. The first-order valence-electron chi connectivity index (χ1n) is 4.30. The molecule has 2 rings (SSSR count). The van der Waals surface area contributed by atoms with Crippen molar-refractivity contribution in [1.82, 2.24) is 0 Å². The van der Waals surface area contributed by atoms with Crippen LogP contribution >= 0.6 is 0 Å². The van der Waals surface area contributed by atoms with Gasteiger partial charge in [0.25, 0.3) is 5.60 Å². The van der Waals surface area contributed by atoms with E-state index in [1.807, 2.05) is 0 Å². The smallest absolute Gasteiger partial charge is 0.250 e. The largest absolute Gasteiger partial charge is 0.493 e. The van der Waals surface area contributed by atoms with Gasteiger partial charge in [0.1, 0.15) is 0 Å². The Labute approximate surface area is 85.9 Å². The van der Waals surface area contributed by atoms with Crippen molar-refractivity contribution in [3.05, 3.63) is 35.7 Å². The fourth-order valence-corrected chi connectivity index (χ4v) is 1.61. The van der Waals surface area contributed by atoms with Crippen molar-refractivity contribution in [3.63, 3.8) is 0 Å². The highest BCUT2D eigenvalue weighted by Crippen LogP contribution is 2.43. The molecule has 1 aromatic rings. The molecular weight excluding hydrogens is 200 g/mol. The highest BCUT2D eigenvalue weighted by Gasteiger charge is 2.59. The summed E-state index contributed by atoms with van der Waals surface area (Å²) in [7, 11) is 2.70. The van der Waals surface area contributed by atoms with Crippen LogP contribution in [-0.4, -0.2) is 25.1 Å². The Morgan fingerprint density at radius 3 is 2.60 bits per heavy atom. The molecule has 1 heterocycles. The number of rotatable bonds is 3. The summed E-state index contributed by atoms with van der Waals surface area (Å²) < 4.78 is 14.7. The van der Waals surface area contributed by atoms with Crippen LogP contribution in [0.15, 0.2) is 34.3 Å². The van der Waals surface area contributed by atoms with Gasteiger partial charge in [-0.3, -0.25) is 4.79 Å². The van der Waals surface area contributed by atoms with Crippen LogP contribution in [0.4, 0.5) is 0 Å². The summed E-state index contributed by atoms with van der Waals surface area (Å²) >= 11 is 0. The molecule has 1 aromatic heterocycles. The van der Waals surface area contributed by atoms with E-state index in [4.69, 9.17) is 13.9 Å². The number of hydrogen-bond acceptors (Lipinski definition) is 5. The number of aliphatic hydroxyl groups is 1. The SMILES string of the molecule is COC1=C(OC)C(O)(c2ccco2)C1=O. The molecule has 0 aromatic carbocycles. The van der Waals surface area contributed by atoms with E-state index in [1.165, 1.54) is 26.5 Å². The minimum atomic E-state index is -1.83. The van der Waals surface area contributed by atoms with Gasteiger partial charge in [-0.1, -0.05) is 0 Å². The Morgan fingerprint density at radius 2 is 2.13 bits per heavy atom. The quantitative estimate of drug-likeness (QED) is 0.789. The number of Topliss-reactive ketones (excluding diaryl/α,β-unsaturated/α-hetero) is 1. The van der Waals surface area contributed by atoms with Gasteiger partial charge in [0.2, 0.25) is 11.5 Å². The summed E-state index contributed by atoms with van der Waals surface area (Å²) in [6.45, 7) is 0. The van der Waals surface area contributed by atoms with Crippen LogP contribution in [-0.2, 0) is 19.9 Å². The van der Waals surface area contributed by atoms with Crippen molar-refractivity contribution >= 4 is 5.78 Å². The molecule has 1 N–H and O–H groups in total. The van der Waals surface area contributed by atoms with E-state index in [-0.39, 0.29) is 17.3 Å².